The number of hydrogen-bond acceptors (Lipinski definition) is 7. The van der Waals surface area contributed by atoms with Crippen LogP contribution < -0.4 is 4.72 Å². The van der Waals surface area contributed by atoms with Gasteiger partial charge in [-0.25, -0.2) is 8.42 Å². The summed E-state index contributed by atoms with van der Waals surface area (Å²) in [6.45, 7) is 1.40. The van der Waals surface area contributed by atoms with Crippen molar-refractivity contribution in [3.05, 3.63) is 47.3 Å². The molecule has 0 atom stereocenters. The van der Waals surface area contributed by atoms with E-state index < -0.39 is 16.0 Å². The Bertz CT molecular complexity index is 885. The van der Waals surface area contributed by atoms with Gasteiger partial charge in [-0.2, -0.15) is 0 Å². The molecule has 0 saturated carbocycles. The summed E-state index contributed by atoms with van der Waals surface area (Å²) in [4.78, 5) is 15.8. The van der Waals surface area contributed by atoms with Crippen LogP contribution in [0.25, 0.3) is 0 Å². The van der Waals surface area contributed by atoms with E-state index in [9.17, 15) is 13.2 Å². The van der Waals surface area contributed by atoms with Gasteiger partial charge in [-0.1, -0.05) is 17.3 Å². The topological polar surface area (TPSA) is 111 Å². The normalized spacial score (nSPS) is 16.8. The van der Waals surface area contributed by atoms with Gasteiger partial charge in [-0.15, -0.1) is 0 Å². The lowest BCUT2D eigenvalue weighted by Gasteiger charge is -2.01. The van der Waals surface area contributed by atoms with Gasteiger partial charge in [0.2, 0.25) is 0 Å². The van der Waals surface area contributed by atoms with Crippen molar-refractivity contribution in [3.8, 4) is 0 Å². The number of rotatable bonds is 4. The average molecular weight is 335 g/mol. The monoisotopic (exact) mass is 335 g/mol. The Morgan fingerprint density at radius 1 is 1.39 bits per heavy atom. The maximum absolute atomic E-state index is 11.9. The van der Waals surface area contributed by atoms with E-state index in [0.29, 0.717) is 17.0 Å². The van der Waals surface area contributed by atoms with Gasteiger partial charge in [-0.3, -0.25) is 14.5 Å². The number of aromatic nitrogens is 1. The first-order chi connectivity index (χ1) is 11.0. The number of carbonyl (C=O) groups is 1. The smallest absolute Gasteiger partial charge is 0.328 e. The number of fused-ring (bicyclic) bond motifs is 1. The van der Waals surface area contributed by atoms with Crippen LogP contribution in [-0.4, -0.2) is 31.9 Å². The van der Waals surface area contributed by atoms with Crippen LogP contribution in [0.1, 0.15) is 17.0 Å². The second kappa shape index (κ2) is 5.84. The molecule has 0 aliphatic carbocycles. The standard InChI is InChI=1S/C14H13N3O5S/c1-9-6-10(22-16-9)8-21-13(18)7-15-14-11-4-2-3-5-12(11)23(19,20)17-14/h2-6H,7-8H2,1H3,(H,15,17). The molecule has 0 unspecified atom stereocenters. The first-order valence-electron chi connectivity index (χ1n) is 6.70. The highest BCUT2D eigenvalue weighted by atomic mass is 32.2. The number of ether oxygens (including phenoxy) is 1. The van der Waals surface area contributed by atoms with Crippen molar-refractivity contribution >= 4 is 21.8 Å². The molecule has 23 heavy (non-hydrogen) atoms. The van der Waals surface area contributed by atoms with Crippen molar-refractivity contribution in [1.29, 1.82) is 0 Å². The molecule has 0 saturated heterocycles. The van der Waals surface area contributed by atoms with E-state index in [2.05, 4.69) is 14.9 Å². The third-order valence-electron chi connectivity index (χ3n) is 3.08. The molecule has 2 aromatic rings. The molecule has 1 aromatic carbocycles. The van der Waals surface area contributed by atoms with Crippen molar-refractivity contribution in [3.63, 3.8) is 0 Å². The minimum atomic E-state index is -3.61. The summed E-state index contributed by atoms with van der Waals surface area (Å²) < 4.78 is 36.0. The van der Waals surface area contributed by atoms with Crippen LogP contribution in [0.2, 0.25) is 0 Å². The van der Waals surface area contributed by atoms with Gasteiger partial charge in [0.05, 0.1) is 10.6 Å². The van der Waals surface area contributed by atoms with Crippen LogP contribution in [0.4, 0.5) is 0 Å². The van der Waals surface area contributed by atoms with Crippen molar-refractivity contribution in [2.75, 3.05) is 6.54 Å². The van der Waals surface area contributed by atoms with Crippen LogP contribution in [-0.2, 0) is 26.2 Å². The summed E-state index contributed by atoms with van der Waals surface area (Å²) >= 11 is 0. The zero-order valence-electron chi connectivity index (χ0n) is 12.1. The van der Waals surface area contributed by atoms with Gasteiger partial charge in [0.15, 0.2) is 12.4 Å². The van der Waals surface area contributed by atoms with Gasteiger partial charge >= 0.3 is 5.97 Å². The lowest BCUT2D eigenvalue weighted by Crippen LogP contribution is -2.23. The fourth-order valence-corrected chi connectivity index (χ4v) is 3.33. The number of hydrogen-bond donors (Lipinski definition) is 1. The van der Waals surface area contributed by atoms with E-state index in [4.69, 9.17) is 9.26 Å². The highest BCUT2D eigenvalue weighted by Gasteiger charge is 2.30. The van der Waals surface area contributed by atoms with Gasteiger partial charge in [0, 0.05) is 11.6 Å². The summed E-state index contributed by atoms with van der Waals surface area (Å²) in [5, 5.41) is 3.67. The van der Waals surface area contributed by atoms with Crippen LogP contribution in [0.5, 0.6) is 0 Å². The van der Waals surface area contributed by atoms with Gasteiger partial charge in [-0.05, 0) is 19.1 Å². The van der Waals surface area contributed by atoms with Crippen molar-refractivity contribution in [1.82, 2.24) is 9.88 Å². The Morgan fingerprint density at radius 2 is 2.17 bits per heavy atom. The van der Waals surface area contributed by atoms with E-state index in [1.807, 2.05) is 0 Å². The molecule has 8 nitrogen and oxygen atoms in total. The number of carbonyl (C=O) groups excluding carboxylic acids is 1. The van der Waals surface area contributed by atoms with E-state index >= 15 is 0 Å². The molecule has 1 aliphatic rings. The quantitative estimate of drug-likeness (QED) is 0.826. The minimum Gasteiger partial charge on any atom is -0.456 e. The average Bonchev–Trinajstić information content (AvgIpc) is 3.05. The molecule has 120 valence electrons. The lowest BCUT2D eigenvalue weighted by molar-refractivity contribution is -0.143. The highest BCUT2D eigenvalue weighted by Crippen LogP contribution is 2.22. The van der Waals surface area contributed by atoms with E-state index in [1.54, 1.807) is 31.2 Å². The number of nitrogens with one attached hydrogen (secondary N) is 1. The first kappa shape index (κ1) is 15.2. The Balaban J connectivity index is 1.65. The summed E-state index contributed by atoms with van der Waals surface area (Å²) in [6, 6.07) is 8.07. The molecular formula is C14H13N3O5S. The molecule has 0 fully saturated rings. The number of sulfonamides is 1. The summed E-state index contributed by atoms with van der Waals surface area (Å²) in [5.41, 5.74) is 1.12. The molecule has 1 aromatic heterocycles. The highest BCUT2D eigenvalue weighted by molar-refractivity contribution is 7.90. The SMILES string of the molecule is Cc1cc(COC(=O)CN=C2NS(=O)(=O)c3ccccc32)on1. The Kier molecular flexibility index (Phi) is 3.87. The molecule has 0 amide bonds. The number of nitrogens with zero attached hydrogens (tertiary/aromatic N) is 2. The number of aliphatic imine (C=N–C) groups is 1. The molecule has 0 bridgehead atoms. The van der Waals surface area contributed by atoms with Crippen LogP contribution in [0.3, 0.4) is 0 Å². The maximum atomic E-state index is 11.9. The molecule has 0 spiro atoms. The number of benzene rings is 1. The van der Waals surface area contributed by atoms with E-state index in [1.165, 1.54) is 6.07 Å². The first-order valence-corrected chi connectivity index (χ1v) is 8.18. The van der Waals surface area contributed by atoms with Gasteiger partial charge < -0.3 is 9.26 Å². The summed E-state index contributed by atoms with van der Waals surface area (Å²) in [7, 11) is -3.61. The largest absolute Gasteiger partial charge is 0.456 e. The van der Waals surface area contributed by atoms with Crippen LogP contribution >= 0.6 is 0 Å². The molecule has 1 N–H and O–H groups in total. The fraction of sp³-hybridized carbons (Fsp3) is 0.214. The maximum Gasteiger partial charge on any atom is 0.328 e. The molecular weight excluding hydrogens is 322 g/mol. The number of esters is 1. The summed E-state index contributed by atoms with van der Waals surface area (Å²) in [5.74, 6) is -0.0430. The van der Waals surface area contributed by atoms with Crippen LogP contribution in [0.15, 0.2) is 44.7 Å². The zero-order valence-corrected chi connectivity index (χ0v) is 13.0. The Morgan fingerprint density at radius 3 is 2.91 bits per heavy atom. The van der Waals surface area contributed by atoms with Crippen LogP contribution in [0, 0.1) is 6.92 Å². The van der Waals surface area contributed by atoms with Crippen molar-refractivity contribution < 1.29 is 22.5 Å². The van der Waals surface area contributed by atoms with E-state index in [0.717, 1.165) is 0 Å². The second-order valence-corrected chi connectivity index (χ2v) is 6.51. The third kappa shape index (κ3) is 3.24. The predicted molar refractivity (Wildman–Crippen MR) is 79.2 cm³/mol. The number of amidine groups is 1. The second-order valence-electron chi connectivity index (χ2n) is 4.86. The lowest BCUT2D eigenvalue weighted by atomic mass is 10.2. The predicted octanol–water partition coefficient (Wildman–Crippen LogP) is 0.765. The van der Waals surface area contributed by atoms with E-state index in [-0.39, 0.29) is 23.9 Å². The Labute approximate surface area is 132 Å². The zero-order chi connectivity index (χ0) is 16.4. The molecule has 2 heterocycles. The third-order valence-corrected chi connectivity index (χ3v) is 4.48. The fourth-order valence-electron chi connectivity index (χ4n) is 2.08. The number of aryl methyl sites for hydroxylation is 1. The molecule has 1 aliphatic heterocycles. The Hall–Kier alpha value is -2.68. The minimum absolute atomic E-state index is 0.0488. The molecule has 9 heteroatoms. The van der Waals surface area contributed by atoms with Gasteiger partial charge in [0.25, 0.3) is 10.0 Å². The molecule has 3 rings (SSSR count). The van der Waals surface area contributed by atoms with Crippen molar-refractivity contribution in [2.45, 2.75) is 18.4 Å². The van der Waals surface area contributed by atoms with Crippen molar-refractivity contribution in [2.24, 2.45) is 4.99 Å². The summed E-state index contributed by atoms with van der Waals surface area (Å²) in [6.07, 6.45) is 0. The molecule has 0 radical (unpaired) electrons. The van der Waals surface area contributed by atoms with Gasteiger partial charge in [0.1, 0.15) is 12.4 Å².